The topological polar surface area (TPSA) is 28.9 Å². The van der Waals surface area contributed by atoms with Gasteiger partial charge in [0.05, 0.1) is 5.52 Å². The summed E-state index contributed by atoms with van der Waals surface area (Å²) in [5, 5.41) is 9.86. The Morgan fingerprint density at radius 3 is 2.00 bits per heavy atom. The van der Waals surface area contributed by atoms with Gasteiger partial charge in [0.15, 0.2) is 0 Å². The lowest BCUT2D eigenvalue weighted by Crippen LogP contribution is -1.86. The van der Waals surface area contributed by atoms with Crippen LogP contribution in [0.15, 0.2) is 138 Å². The summed E-state index contributed by atoms with van der Waals surface area (Å²) in [7, 11) is 0. The van der Waals surface area contributed by atoms with Crippen LogP contribution in [0.3, 0.4) is 0 Å². The van der Waals surface area contributed by atoms with E-state index in [9.17, 15) is 0 Å². The Bertz CT molecular complexity index is 2440. The van der Waals surface area contributed by atoms with Crippen molar-refractivity contribution >= 4 is 65.3 Å². The molecule has 0 radical (unpaired) electrons. The number of aromatic nitrogens is 1. The van der Waals surface area contributed by atoms with E-state index < -0.39 is 0 Å². The molecule has 2 heteroatoms. The summed E-state index contributed by atoms with van der Waals surface area (Å²) < 4.78 is 6.22. The van der Waals surface area contributed by atoms with Gasteiger partial charge in [-0.2, -0.15) is 0 Å². The molecule has 0 saturated heterocycles. The van der Waals surface area contributed by atoms with Crippen molar-refractivity contribution in [2.75, 3.05) is 0 Å². The molecule has 7 aromatic carbocycles. The number of aromatic amines is 1. The van der Waals surface area contributed by atoms with Crippen molar-refractivity contribution in [2.24, 2.45) is 0 Å². The van der Waals surface area contributed by atoms with Crippen LogP contribution in [0.2, 0.25) is 0 Å². The molecular formula is C38H23NO. The smallest absolute Gasteiger partial charge is 0.136 e. The minimum absolute atomic E-state index is 0.918. The van der Waals surface area contributed by atoms with Crippen LogP contribution in [0.5, 0.6) is 0 Å². The number of para-hydroxylation sites is 2. The molecule has 0 unspecified atom stereocenters. The van der Waals surface area contributed by atoms with Gasteiger partial charge in [0.25, 0.3) is 0 Å². The summed E-state index contributed by atoms with van der Waals surface area (Å²) >= 11 is 0. The maximum Gasteiger partial charge on any atom is 0.136 e. The quantitative estimate of drug-likeness (QED) is 0.247. The van der Waals surface area contributed by atoms with Gasteiger partial charge in [-0.05, 0) is 62.5 Å². The maximum absolute atomic E-state index is 6.22. The zero-order chi connectivity index (χ0) is 26.2. The Kier molecular flexibility index (Phi) is 4.36. The largest absolute Gasteiger partial charge is 0.456 e. The first-order valence-corrected chi connectivity index (χ1v) is 13.7. The van der Waals surface area contributed by atoms with Crippen LogP contribution in [0.4, 0.5) is 0 Å². The van der Waals surface area contributed by atoms with Crippen LogP contribution < -0.4 is 0 Å². The van der Waals surface area contributed by atoms with Gasteiger partial charge in [0, 0.05) is 32.6 Å². The predicted molar refractivity (Wildman–Crippen MR) is 169 cm³/mol. The molecule has 0 bridgehead atoms. The molecule has 0 spiro atoms. The van der Waals surface area contributed by atoms with Crippen LogP contribution in [-0.2, 0) is 0 Å². The van der Waals surface area contributed by atoms with Gasteiger partial charge in [-0.1, -0.05) is 109 Å². The fourth-order valence-electron chi connectivity index (χ4n) is 6.61. The second-order valence-corrected chi connectivity index (χ2v) is 10.6. The van der Waals surface area contributed by atoms with Gasteiger partial charge in [0.1, 0.15) is 11.2 Å². The molecule has 0 aliphatic carbocycles. The van der Waals surface area contributed by atoms with E-state index in [1.54, 1.807) is 0 Å². The van der Waals surface area contributed by atoms with Crippen LogP contribution in [0.25, 0.3) is 87.5 Å². The fraction of sp³-hybridized carbons (Fsp3) is 0. The first kappa shape index (κ1) is 21.6. The van der Waals surface area contributed by atoms with Crippen LogP contribution >= 0.6 is 0 Å². The second kappa shape index (κ2) is 8.08. The molecule has 186 valence electrons. The number of fused-ring (bicyclic) bond motifs is 9. The lowest BCUT2D eigenvalue weighted by Gasteiger charge is -2.12. The number of hydrogen-bond acceptors (Lipinski definition) is 1. The average Bonchev–Trinajstić information content (AvgIpc) is 3.58. The molecule has 40 heavy (non-hydrogen) atoms. The lowest BCUT2D eigenvalue weighted by atomic mass is 9.92. The molecule has 9 rings (SSSR count). The lowest BCUT2D eigenvalue weighted by molar-refractivity contribution is 0.669. The molecule has 0 saturated carbocycles. The van der Waals surface area contributed by atoms with Crippen molar-refractivity contribution in [1.29, 1.82) is 0 Å². The Labute approximate surface area is 230 Å². The van der Waals surface area contributed by atoms with Crippen molar-refractivity contribution in [1.82, 2.24) is 4.98 Å². The van der Waals surface area contributed by atoms with E-state index >= 15 is 0 Å². The van der Waals surface area contributed by atoms with Crippen molar-refractivity contribution in [3.8, 4) is 22.3 Å². The van der Waals surface area contributed by atoms with Crippen molar-refractivity contribution < 1.29 is 4.42 Å². The predicted octanol–water partition coefficient (Wildman–Crippen LogP) is 10.9. The highest BCUT2D eigenvalue weighted by Gasteiger charge is 2.15. The molecule has 2 aromatic heterocycles. The van der Waals surface area contributed by atoms with Gasteiger partial charge >= 0.3 is 0 Å². The molecule has 0 aliphatic rings. The number of furan rings is 1. The maximum atomic E-state index is 6.22. The fourth-order valence-corrected chi connectivity index (χ4v) is 6.61. The van der Waals surface area contributed by atoms with Gasteiger partial charge in [-0.3, -0.25) is 0 Å². The second-order valence-electron chi connectivity index (χ2n) is 10.6. The third-order valence-electron chi connectivity index (χ3n) is 8.42. The van der Waals surface area contributed by atoms with Crippen LogP contribution in [0.1, 0.15) is 0 Å². The zero-order valence-corrected chi connectivity index (χ0v) is 21.6. The third-order valence-corrected chi connectivity index (χ3v) is 8.42. The Morgan fingerprint density at radius 1 is 0.425 bits per heavy atom. The van der Waals surface area contributed by atoms with Crippen molar-refractivity contribution in [3.63, 3.8) is 0 Å². The summed E-state index contributed by atoms with van der Waals surface area (Å²) in [5.74, 6) is 0. The highest BCUT2D eigenvalue weighted by atomic mass is 16.3. The molecule has 2 heterocycles. The number of H-pyrrole nitrogens is 1. The van der Waals surface area contributed by atoms with Crippen LogP contribution in [-0.4, -0.2) is 4.98 Å². The summed E-state index contributed by atoms with van der Waals surface area (Å²) in [5.41, 5.74) is 8.99. The highest BCUT2D eigenvalue weighted by molar-refractivity contribution is 6.23. The van der Waals surface area contributed by atoms with Gasteiger partial charge in [-0.25, -0.2) is 0 Å². The third kappa shape index (κ3) is 2.99. The monoisotopic (exact) mass is 509 g/mol. The average molecular weight is 510 g/mol. The molecule has 9 aromatic rings. The summed E-state index contributed by atoms with van der Waals surface area (Å²) in [6.45, 7) is 0. The van der Waals surface area contributed by atoms with Gasteiger partial charge in [-0.15, -0.1) is 0 Å². The van der Waals surface area contributed by atoms with Gasteiger partial charge < -0.3 is 9.40 Å². The van der Waals surface area contributed by atoms with E-state index in [-0.39, 0.29) is 0 Å². The molecule has 0 amide bonds. The standard InChI is InChI=1S/C38H23NO/c1-2-9-26-23(8-1)19-21-34-37(26)33-16-7-15-32(38(33)39-34)29-14-6-12-27-25(11-5-13-28(27)29)24-18-20-31-30-10-3-4-17-35(30)40-36(31)22-24/h1-22,39H. The Morgan fingerprint density at radius 2 is 1.10 bits per heavy atom. The van der Waals surface area contributed by atoms with Crippen LogP contribution in [0, 0.1) is 0 Å². The van der Waals surface area contributed by atoms with E-state index in [0.717, 1.165) is 27.5 Å². The highest BCUT2D eigenvalue weighted by Crippen LogP contribution is 2.41. The Balaban J connectivity index is 1.28. The molecule has 2 nitrogen and oxygen atoms in total. The normalized spacial score (nSPS) is 12.0. The molecule has 1 N–H and O–H groups in total. The van der Waals surface area contributed by atoms with Gasteiger partial charge in [0.2, 0.25) is 0 Å². The van der Waals surface area contributed by atoms with E-state index in [1.165, 1.54) is 60.0 Å². The minimum Gasteiger partial charge on any atom is -0.456 e. The van der Waals surface area contributed by atoms with Crippen molar-refractivity contribution in [3.05, 3.63) is 133 Å². The first-order valence-electron chi connectivity index (χ1n) is 13.7. The van der Waals surface area contributed by atoms with E-state index in [2.05, 4.69) is 126 Å². The summed E-state index contributed by atoms with van der Waals surface area (Å²) in [4.78, 5) is 3.77. The van der Waals surface area contributed by atoms with E-state index in [1.807, 2.05) is 12.1 Å². The Hall–Kier alpha value is -5.34. The first-order chi connectivity index (χ1) is 19.8. The number of hydrogen-bond donors (Lipinski definition) is 1. The SMILES string of the molecule is c1ccc2c(c1)ccc1[nH]c3c(-c4cccc5c(-c6ccc7c(c6)oc6ccccc67)cccc45)cccc3c12. The number of nitrogens with one attached hydrogen (secondary N) is 1. The zero-order valence-electron chi connectivity index (χ0n) is 21.6. The van der Waals surface area contributed by atoms with Crippen molar-refractivity contribution in [2.45, 2.75) is 0 Å². The molecular weight excluding hydrogens is 486 g/mol. The minimum atomic E-state index is 0.918. The number of benzene rings is 7. The molecule has 0 atom stereocenters. The summed E-state index contributed by atoms with van der Waals surface area (Å²) in [6, 6.07) is 47.8. The van der Waals surface area contributed by atoms with E-state index in [4.69, 9.17) is 4.42 Å². The van der Waals surface area contributed by atoms with E-state index in [0.29, 0.717) is 0 Å². The number of rotatable bonds is 2. The molecule has 0 aliphatic heterocycles. The summed E-state index contributed by atoms with van der Waals surface area (Å²) in [6.07, 6.45) is 0. The molecule has 0 fully saturated rings.